The molecule has 0 aliphatic heterocycles. The largest absolute Gasteiger partial charge is 0.464 e. The molecule has 1 aromatic carbocycles. The van der Waals surface area contributed by atoms with Gasteiger partial charge in [-0.1, -0.05) is 18.3 Å². The quantitative estimate of drug-likeness (QED) is 0.480. The zero-order valence-electron chi connectivity index (χ0n) is 15.8. The molecule has 0 N–H and O–H groups in total. The Morgan fingerprint density at radius 1 is 1.25 bits per heavy atom. The number of rotatable bonds is 5. The van der Waals surface area contributed by atoms with E-state index in [4.69, 9.17) is 9.15 Å². The van der Waals surface area contributed by atoms with Crippen molar-refractivity contribution in [3.63, 3.8) is 0 Å². The molecule has 3 heterocycles. The van der Waals surface area contributed by atoms with Crippen LogP contribution in [0.15, 0.2) is 33.7 Å². The van der Waals surface area contributed by atoms with Gasteiger partial charge in [0.2, 0.25) is 4.96 Å². The average Bonchev–Trinajstić information content (AvgIpc) is 3.25. The molecule has 7 nitrogen and oxygen atoms in total. The predicted molar refractivity (Wildman–Crippen MR) is 106 cm³/mol. The number of aryl methyl sites for hydroxylation is 3. The maximum Gasteiger partial charge on any atom is 0.310 e. The first-order valence-corrected chi connectivity index (χ1v) is 9.78. The summed E-state index contributed by atoms with van der Waals surface area (Å²) >= 11 is 1.36. The Labute approximate surface area is 164 Å². The van der Waals surface area contributed by atoms with Gasteiger partial charge in [0.15, 0.2) is 0 Å². The van der Waals surface area contributed by atoms with Crippen molar-refractivity contribution in [2.45, 2.75) is 40.2 Å². The van der Waals surface area contributed by atoms with Gasteiger partial charge in [0.1, 0.15) is 17.2 Å². The number of carbonyl (C=O) groups is 1. The molecule has 0 spiro atoms. The van der Waals surface area contributed by atoms with Crippen molar-refractivity contribution in [2.75, 3.05) is 0 Å². The fourth-order valence-corrected chi connectivity index (χ4v) is 3.80. The maximum atomic E-state index is 12.3. The highest BCUT2D eigenvalue weighted by Crippen LogP contribution is 2.25. The lowest BCUT2D eigenvalue weighted by Crippen LogP contribution is -2.17. The zero-order chi connectivity index (χ0) is 19.8. The summed E-state index contributed by atoms with van der Waals surface area (Å²) in [6.07, 6.45) is 2.41. The van der Waals surface area contributed by atoms with Gasteiger partial charge in [0.25, 0.3) is 5.56 Å². The second-order valence-corrected chi connectivity index (χ2v) is 7.70. The van der Waals surface area contributed by atoms with Crippen LogP contribution < -0.4 is 5.56 Å². The second kappa shape index (κ2) is 7.20. The van der Waals surface area contributed by atoms with E-state index in [1.807, 2.05) is 32.9 Å². The fourth-order valence-electron chi connectivity index (χ4n) is 2.95. The zero-order valence-corrected chi connectivity index (χ0v) is 16.6. The molecule has 4 aromatic rings. The molecule has 0 aliphatic carbocycles. The summed E-state index contributed by atoms with van der Waals surface area (Å²) in [4.78, 5) is 29.3. The van der Waals surface area contributed by atoms with Crippen LogP contribution in [0.2, 0.25) is 0 Å². The first kappa shape index (κ1) is 18.4. The van der Waals surface area contributed by atoms with E-state index in [0.717, 1.165) is 39.1 Å². The molecule has 0 bridgehead atoms. The van der Waals surface area contributed by atoms with Gasteiger partial charge >= 0.3 is 5.97 Å². The number of fused-ring (bicyclic) bond motifs is 2. The lowest BCUT2D eigenvalue weighted by atomic mass is 10.0. The van der Waals surface area contributed by atoms with E-state index < -0.39 is 5.97 Å². The van der Waals surface area contributed by atoms with Gasteiger partial charge in [-0.15, -0.1) is 0 Å². The van der Waals surface area contributed by atoms with Gasteiger partial charge < -0.3 is 9.15 Å². The van der Waals surface area contributed by atoms with E-state index in [-0.39, 0.29) is 18.6 Å². The Hall–Kier alpha value is -3.00. The Balaban J connectivity index is 1.48. The molecule has 0 fully saturated rings. The van der Waals surface area contributed by atoms with Crippen molar-refractivity contribution in [1.29, 1.82) is 0 Å². The Kier molecular flexibility index (Phi) is 4.72. The fraction of sp³-hybridized carbons (Fsp3) is 0.300. The normalized spacial score (nSPS) is 11.4. The Bertz CT molecular complexity index is 1250. The molecule has 0 saturated heterocycles. The van der Waals surface area contributed by atoms with E-state index >= 15 is 0 Å². The maximum absolute atomic E-state index is 12.3. The lowest BCUT2D eigenvalue weighted by Gasteiger charge is -2.04. The third-order valence-electron chi connectivity index (χ3n) is 4.63. The summed E-state index contributed by atoms with van der Waals surface area (Å²) in [5.74, 6) is -0.401. The number of furan rings is 1. The van der Waals surface area contributed by atoms with Crippen LogP contribution in [0.1, 0.15) is 34.3 Å². The first-order chi connectivity index (χ1) is 13.4. The topological polar surface area (TPSA) is 86.7 Å². The third-order valence-corrected chi connectivity index (χ3v) is 5.68. The van der Waals surface area contributed by atoms with Crippen molar-refractivity contribution in [2.24, 2.45) is 0 Å². The summed E-state index contributed by atoms with van der Waals surface area (Å²) in [5, 5.41) is 5.94. The van der Waals surface area contributed by atoms with Gasteiger partial charge in [-0.25, -0.2) is 4.98 Å². The van der Waals surface area contributed by atoms with Gasteiger partial charge in [0.05, 0.1) is 18.4 Å². The highest BCUT2D eigenvalue weighted by Gasteiger charge is 2.14. The van der Waals surface area contributed by atoms with Crippen molar-refractivity contribution in [3.05, 3.63) is 62.2 Å². The highest BCUT2D eigenvalue weighted by molar-refractivity contribution is 7.16. The van der Waals surface area contributed by atoms with E-state index in [9.17, 15) is 9.59 Å². The predicted octanol–water partition coefficient (Wildman–Crippen LogP) is 3.36. The smallest absolute Gasteiger partial charge is 0.310 e. The molecule has 0 radical (unpaired) electrons. The number of carbonyl (C=O) groups excluding carboxylic acids is 1. The average molecular weight is 397 g/mol. The molecular weight excluding hydrogens is 378 g/mol. The molecule has 144 valence electrons. The first-order valence-electron chi connectivity index (χ1n) is 8.96. The van der Waals surface area contributed by atoms with Crippen LogP contribution in [-0.4, -0.2) is 20.6 Å². The van der Waals surface area contributed by atoms with Crippen molar-refractivity contribution < 1.29 is 13.9 Å². The van der Waals surface area contributed by atoms with Crippen molar-refractivity contribution >= 4 is 33.2 Å². The number of aromatic nitrogens is 3. The van der Waals surface area contributed by atoms with Gasteiger partial charge in [-0.2, -0.15) is 9.61 Å². The van der Waals surface area contributed by atoms with E-state index in [0.29, 0.717) is 10.7 Å². The molecule has 0 saturated carbocycles. The third kappa shape index (κ3) is 3.43. The van der Waals surface area contributed by atoms with E-state index in [1.165, 1.54) is 21.9 Å². The minimum Gasteiger partial charge on any atom is -0.464 e. The van der Waals surface area contributed by atoms with Crippen molar-refractivity contribution in [3.8, 4) is 0 Å². The van der Waals surface area contributed by atoms with Crippen LogP contribution in [-0.2, 0) is 29.0 Å². The van der Waals surface area contributed by atoms with Gasteiger partial charge in [-0.05, 0) is 43.5 Å². The number of hydrogen-bond acceptors (Lipinski definition) is 7. The van der Waals surface area contributed by atoms with Crippen LogP contribution in [0.3, 0.4) is 0 Å². The molecule has 4 rings (SSSR count). The number of hydrogen-bond donors (Lipinski definition) is 0. The summed E-state index contributed by atoms with van der Waals surface area (Å²) in [5.41, 5.74) is 3.94. The van der Waals surface area contributed by atoms with Crippen LogP contribution >= 0.6 is 11.3 Å². The summed E-state index contributed by atoms with van der Waals surface area (Å²) in [7, 11) is 0. The molecular formula is C20H19N3O4S. The minimum atomic E-state index is -0.401. The monoisotopic (exact) mass is 397 g/mol. The Morgan fingerprint density at radius 3 is 2.82 bits per heavy atom. The molecule has 8 heteroatoms. The van der Waals surface area contributed by atoms with E-state index in [2.05, 4.69) is 10.1 Å². The second-order valence-electron chi connectivity index (χ2n) is 6.66. The van der Waals surface area contributed by atoms with Crippen LogP contribution in [0.25, 0.3) is 15.9 Å². The van der Waals surface area contributed by atoms with Gasteiger partial charge in [-0.3, -0.25) is 9.59 Å². The summed E-state index contributed by atoms with van der Waals surface area (Å²) in [6, 6.07) is 5.33. The van der Waals surface area contributed by atoms with Crippen molar-refractivity contribution in [1.82, 2.24) is 14.6 Å². The molecule has 0 unspecified atom stereocenters. The van der Waals surface area contributed by atoms with Crippen LogP contribution in [0, 0.1) is 13.8 Å². The molecule has 28 heavy (non-hydrogen) atoms. The SMILES string of the molecule is CCc1nn2c(=O)cc(COC(=O)Cc3coc4cc(C)c(C)cc34)nc2s1. The molecule has 3 aromatic heterocycles. The minimum absolute atomic E-state index is 0.0577. The number of esters is 1. The van der Waals surface area contributed by atoms with Gasteiger partial charge in [0, 0.05) is 17.0 Å². The molecule has 0 atom stereocenters. The van der Waals surface area contributed by atoms with Crippen LogP contribution in [0.5, 0.6) is 0 Å². The highest BCUT2D eigenvalue weighted by atomic mass is 32.1. The summed E-state index contributed by atoms with van der Waals surface area (Å²) < 4.78 is 12.2. The number of nitrogens with zero attached hydrogens (tertiary/aromatic N) is 3. The summed E-state index contributed by atoms with van der Waals surface area (Å²) in [6.45, 7) is 5.95. The Morgan fingerprint density at radius 2 is 2.04 bits per heavy atom. The molecule has 0 aliphatic rings. The van der Waals surface area contributed by atoms with Crippen LogP contribution in [0.4, 0.5) is 0 Å². The molecule has 0 amide bonds. The number of ether oxygens (including phenoxy) is 1. The lowest BCUT2D eigenvalue weighted by molar-refractivity contribution is -0.144. The number of benzene rings is 1. The standard InChI is InChI=1S/C20H19N3O4S/c1-4-17-22-23-18(24)8-14(21-20(23)28-17)10-27-19(25)7-13-9-26-16-6-12(3)11(2)5-15(13)16/h5-6,8-9H,4,7,10H2,1-3H3. The van der Waals surface area contributed by atoms with E-state index in [1.54, 1.807) is 6.26 Å².